The molecule has 1 unspecified atom stereocenters. The van der Waals surface area contributed by atoms with Crippen LogP contribution in [-0.2, 0) is 4.74 Å². The van der Waals surface area contributed by atoms with Gasteiger partial charge in [-0.25, -0.2) is 4.79 Å². The maximum atomic E-state index is 12.2. The molecule has 1 atom stereocenters. The first-order valence-electron chi connectivity index (χ1n) is 5.91. The summed E-state index contributed by atoms with van der Waals surface area (Å²) in [6, 6.07) is 6.59. The summed E-state index contributed by atoms with van der Waals surface area (Å²) < 4.78 is 4.49. The zero-order chi connectivity index (χ0) is 14.0. The molecule has 2 rings (SSSR count). The summed E-state index contributed by atoms with van der Waals surface area (Å²) in [7, 11) is 1.23. The molecule has 1 heterocycles. The van der Waals surface area contributed by atoms with E-state index in [2.05, 4.69) is 10.1 Å². The van der Waals surface area contributed by atoms with Crippen LogP contribution in [0.3, 0.4) is 0 Å². The molecular formula is C13H14N2O4. The average molecular weight is 262 g/mol. The monoisotopic (exact) mass is 262 g/mol. The molecule has 0 saturated carbocycles. The summed E-state index contributed by atoms with van der Waals surface area (Å²) in [5, 5.41) is 2.48. The number of rotatable bonds is 3. The second-order valence-electron chi connectivity index (χ2n) is 4.09. The van der Waals surface area contributed by atoms with E-state index < -0.39 is 24.1 Å². The van der Waals surface area contributed by atoms with Crippen LogP contribution in [0.1, 0.15) is 34.1 Å². The number of benzene rings is 1. The molecule has 1 aliphatic heterocycles. The summed E-state index contributed by atoms with van der Waals surface area (Å²) in [5.41, 5.74) is 0.718. The van der Waals surface area contributed by atoms with Gasteiger partial charge in [-0.3, -0.25) is 14.5 Å². The van der Waals surface area contributed by atoms with E-state index in [1.165, 1.54) is 7.11 Å². The van der Waals surface area contributed by atoms with Gasteiger partial charge in [0.25, 0.3) is 11.8 Å². The van der Waals surface area contributed by atoms with Gasteiger partial charge in [0.05, 0.1) is 18.2 Å². The quantitative estimate of drug-likeness (QED) is 0.835. The number of methoxy groups -OCH3 is 1. The van der Waals surface area contributed by atoms with Crippen LogP contribution >= 0.6 is 0 Å². The fourth-order valence-corrected chi connectivity index (χ4v) is 2.04. The van der Waals surface area contributed by atoms with Crippen LogP contribution in [0.5, 0.6) is 0 Å². The lowest BCUT2D eigenvalue weighted by Crippen LogP contribution is -2.50. The zero-order valence-corrected chi connectivity index (χ0v) is 10.7. The third kappa shape index (κ3) is 2.16. The SMILES string of the molecule is CCC(NC(=O)OC)N1C(=O)c2ccccc2C1=O. The van der Waals surface area contributed by atoms with Crippen molar-refractivity contribution in [1.29, 1.82) is 0 Å². The molecule has 100 valence electrons. The van der Waals surface area contributed by atoms with E-state index in [1.807, 2.05) is 0 Å². The largest absolute Gasteiger partial charge is 0.453 e. The highest BCUT2D eigenvalue weighted by molar-refractivity contribution is 6.21. The first kappa shape index (κ1) is 13.1. The predicted molar refractivity (Wildman–Crippen MR) is 66.6 cm³/mol. The lowest BCUT2D eigenvalue weighted by atomic mass is 10.1. The van der Waals surface area contributed by atoms with Crippen LogP contribution in [0, 0.1) is 0 Å². The summed E-state index contributed by atoms with van der Waals surface area (Å²) >= 11 is 0. The highest BCUT2D eigenvalue weighted by Gasteiger charge is 2.39. The van der Waals surface area contributed by atoms with Crippen LogP contribution in [-0.4, -0.2) is 36.1 Å². The number of alkyl carbamates (subject to hydrolysis) is 1. The number of ether oxygens (including phenoxy) is 1. The smallest absolute Gasteiger partial charge is 0.408 e. The third-order valence-corrected chi connectivity index (χ3v) is 2.99. The molecule has 0 saturated heterocycles. The van der Waals surface area contributed by atoms with Gasteiger partial charge in [-0.1, -0.05) is 19.1 Å². The van der Waals surface area contributed by atoms with E-state index in [0.29, 0.717) is 17.5 Å². The molecule has 1 N–H and O–H groups in total. The average Bonchev–Trinajstić information content (AvgIpc) is 2.69. The van der Waals surface area contributed by atoms with Crippen LogP contribution in [0.2, 0.25) is 0 Å². The predicted octanol–water partition coefficient (Wildman–Crippen LogP) is 1.37. The Labute approximate surface area is 110 Å². The highest BCUT2D eigenvalue weighted by atomic mass is 16.5. The van der Waals surface area contributed by atoms with Gasteiger partial charge in [0.1, 0.15) is 6.17 Å². The maximum Gasteiger partial charge on any atom is 0.408 e. The molecule has 0 radical (unpaired) electrons. The van der Waals surface area contributed by atoms with Gasteiger partial charge in [0.15, 0.2) is 0 Å². The minimum atomic E-state index is -0.708. The van der Waals surface area contributed by atoms with Crippen molar-refractivity contribution in [3.8, 4) is 0 Å². The van der Waals surface area contributed by atoms with E-state index in [-0.39, 0.29) is 0 Å². The van der Waals surface area contributed by atoms with Crippen molar-refractivity contribution in [2.75, 3.05) is 7.11 Å². The molecule has 6 heteroatoms. The van der Waals surface area contributed by atoms with Crippen LogP contribution in [0.15, 0.2) is 24.3 Å². The van der Waals surface area contributed by atoms with E-state index in [0.717, 1.165) is 4.90 Å². The van der Waals surface area contributed by atoms with Gasteiger partial charge in [0.2, 0.25) is 0 Å². The number of amides is 3. The number of nitrogens with one attached hydrogen (secondary N) is 1. The normalized spacial score (nSPS) is 15.2. The Bertz CT molecular complexity index is 506. The van der Waals surface area contributed by atoms with Gasteiger partial charge in [-0.15, -0.1) is 0 Å². The van der Waals surface area contributed by atoms with Crippen molar-refractivity contribution in [3.63, 3.8) is 0 Å². The first-order chi connectivity index (χ1) is 9.10. The Kier molecular flexibility index (Phi) is 3.50. The van der Waals surface area contributed by atoms with Crippen LogP contribution < -0.4 is 5.32 Å². The molecule has 1 aromatic carbocycles. The topological polar surface area (TPSA) is 75.7 Å². The third-order valence-electron chi connectivity index (χ3n) is 2.99. The van der Waals surface area contributed by atoms with Crippen molar-refractivity contribution < 1.29 is 19.1 Å². The van der Waals surface area contributed by atoms with E-state index in [4.69, 9.17) is 0 Å². The van der Waals surface area contributed by atoms with Crippen molar-refractivity contribution in [2.24, 2.45) is 0 Å². The molecule has 0 aliphatic carbocycles. The molecule has 3 amide bonds. The Morgan fingerprint density at radius 3 is 2.21 bits per heavy atom. The van der Waals surface area contributed by atoms with E-state index in [9.17, 15) is 14.4 Å². The highest BCUT2D eigenvalue weighted by Crippen LogP contribution is 2.24. The lowest BCUT2D eigenvalue weighted by molar-refractivity contribution is 0.0546. The van der Waals surface area contributed by atoms with Gasteiger partial charge < -0.3 is 10.1 Å². The zero-order valence-electron chi connectivity index (χ0n) is 10.7. The number of hydrogen-bond acceptors (Lipinski definition) is 4. The van der Waals surface area contributed by atoms with Crippen molar-refractivity contribution >= 4 is 17.9 Å². The van der Waals surface area contributed by atoms with E-state index in [1.54, 1.807) is 31.2 Å². The molecule has 1 aliphatic rings. The minimum absolute atomic E-state index is 0.359. The Balaban J connectivity index is 2.29. The molecular weight excluding hydrogens is 248 g/mol. The second kappa shape index (κ2) is 5.09. The molecule has 6 nitrogen and oxygen atoms in total. The molecule has 0 fully saturated rings. The number of nitrogens with zero attached hydrogens (tertiary/aromatic N) is 1. The number of carbonyl (C=O) groups excluding carboxylic acids is 3. The van der Waals surface area contributed by atoms with Gasteiger partial charge in [-0.05, 0) is 18.6 Å². The summed E-state index contributed by atoms with van der Waals surface area (Å²) in [5.74, 6) is -0.798. The molecule has 0 spiro atoms. The number of imide groups is 1. The van der Waals surface area contributed by atoms with Gasteiger partial charge >= 0.3 is 6.09 Å². The van der Waals surface area contributed by atoms with Crippen LogP contribution in [0.4, 0.5) is 4.79 Å². The van der Waals surface area contributed by atoms with Crippen LogP contribution in [0.25, 0.3) is 0 Å². The lowest BCUT2D eigenvalue weighted by Gasteiger charge is -2.25. The van der Waals surface area contributed by atoms with Crippen molar-refractivity contribution in [3.05, 3.63) is 35.4 Å². The Morgan fingerprint density at radius 1 is 1.26 bits per heavy atom. The number of fused-ring (bicyclic) bond motifs is 1. The first-order valence-corrected chi connectivity index (χ1v) is 5.91. The molecule has 0 bridgehead atoms. The minimum Gasteiger partial charge on any atom is -0.453 e. The second-order valence-corrected chi connectivity index (χ2v) is 4.09. The summed E-state index contributed by atoms with van der Waals surface area (Å²) in [6.45, 7) is 1.77. The molecule has 19 heavy (non-hydrogen) atoms. The molecule has 0 aromatic heterocycles. The number of carbonyl (C=O) groups is 3. The fraction of sp³-hybridized carbons (Fsp3) is 0.308. The van der Waals surface area contributed by atoms with Crippen molar-refractivity contribution in [1.82, 2.24) is 10.2 Å². The van der Waals surface area contributed by atoms with E-state index >= 15 is 0 Å². The number of hydrogen-bond donors (Lipinski definition) is 1. The summed E-state index contributed by atoms with van der Waals surface area (Å²) in [4.78, 5) is 36.7. The fourth-order valence-electron chi connectivity index (χ4n) is 2.04. The Morgan fingerprint density at radius 2 is 1.79 bits per heavy atom. The maximum absolute atomic E-state index is 12.2. The van der Waals surface area contributed by atoms with Gasteiger partial charge in [0, 0.05) is 0 Å². The summed E-state index contributed by atoms with van der Waals surface area (Å²) in [6.07, 6.45) is -0.983. The molecule has 1 aromatic rings. The van der Waals surface area contributed by atoms with Gasteiger partial charge in [-0.2, -0.15) is 0 Å². The van der Waals surface area contributed by atoms with Crippen molar-refractivity contribution in [2.45, 2.75) is 19.5 Å². The Hall–Kier alpha value is -2.37. The standard InChI is InChI=1S/C13H14N2O4/c1-3-10(14-13(18)19-2)15-11(16)8-6-4-5-7-9(8)12(15)17/h4-7,10H,3H2,1-2H3,(H,14,18).